The molecule has 2 aliphatic heterocycles. The van der Waals surface area contributed by atoms with Crippen LogP contribution in [0.3, 0.4) is 0 Å². The van der Waals surface area contributed by atoms with Crippen molar-refractivity contribution in [2.45, 2.75) is 50.0 Å². The number of aromatic nitrogens is 1. The first kappa shape index (κ1) is 26.7. The zero-order chi connectivity index (χ0) is 26.1. The van der Waals surface area contributed by atoms with Crippen LogP contribution in [0, 0.1) is 5.82 Å². The molecule has 11 heteroatoms. The molecule has 194 valence electrons. The number of carbonyl (C=O) groups excluding carboxylic acids is 2. The van der Waals surface area contributed by atoms with E-state index in [0.29, 0.717) is 38.3 Å². The lowest BCUT2D eigenvalue weighted by Crippen LogP contribution is -2.44. The number of fused-ring (bicyclic) bond motifs is 2. The number of hydrogen-bond acceptors (Lipinski definition) is 6. The Kier molecular flexibility index (Phi) is 7.82. The van der Waals surface area contributed by atoms with Gasteiger partial charge in [0.15, 0.2) is 0 Å². The van der Waals surface area contributed by atoms with Crippen molar-refractivity contribution in [1.29, 1.82) is 0 Å². The molecule has 3 N–H and O–H groups in total. The highest BCUT2D eigenvalue weighted by molar-refractivity contribution is 6.76. The summed E-state index contributed by atoms with van der Waals surface area (Å²) in [5, 5.41) is 2.64. The van der Waals surface area contributed by atoms with Crippen LogP contribution in [0.4, 0.5) is 15.9 Å². The first-order valence-electron chi connectivity index (χ1n) is 12.0. The first-order valence-corrected chi connectivity index (χ1v) is 16.1. The summed E-state index contributed by atoms with van der Waals surface area (Å²) < 4.78 is 25.3. The highest BCUT2D eigenvalue weighted by Crippen LogP contribution is 2.48. The fourth-order valence-corrected chi connectivity index (χ4v) is 5.39. The SMILES string of the molecule is C[Si](C)(C)CCOCN1C(=O)C2(CCOCC2)c2cnc(NC(=O)C(N)c3ccc(Cl)c(F)c3)cc21. The molecule has 0 aliphatic carbocycles. The van der Waals surface area contributed by atoms with Crippen molar-refractivity contribution in [3.05, 3.63) is 52.4 Å². The summed E-state index contributed by atoms with van der Waals surface area (Å²) in [5.74, 6) is -1.01. The minimum Gasteiger partial charge on any atom is -0.381 e. The molecule has 1 aromatic carbocycles. The minimum absolute atomic E-state index is 0.0348. The van der Waals surface area contributed by atoms with Gasteiger partial charge in [-0.3, -0.25) is 14.5 Å². The third-order valence-electron chi connectivity index (χ3n) is 6.74. The zero-order valence-electron chi connectivity index (χ0n) is 20.8. The third-order valence-corrected chi connectivity index (χ3v) is 8.75. The molecular formula is C25H32ClFN4O4Si. The molecule has 1 atom stereocenters. The summed E-state index contributed by atoms with van der Waals surface area (Å²) in [5.41, 5.74) is 7.10. The Morgan fingerprint density at radius 1 is 1.33 bits per heavy atom. The van der Waals surface area contributed by atoms with Gasteiger partial charge < -0.3 is 20.5 Å². The van der Waals surface area contributed by atoms with E-state index in [1.165, 1.54) is 12.1 Å². The van der Waals surface area contributed by atoms with Crippen molar-refractivity contribution in [2.24, 2.45) is 5.73 Å². The van der Waals surface area contributed by atoms with Crippen LogP contribution in [0.2, 0.25) is 30.7 Å². The van der Waals surface area contributed by atoms with Gasteiger partial charge in [-0.25, -0.2) is 9.37 Å². The van der Waals surface area contributed by atoms with Crippen LogP contribution in [-0.2, 0) is 24.5 Å². The zero-order valence-corrected chi connectivity index (χ0v) is 22.5. The van der Waals surface area contributed by atoms with E-state index in [4.69, 9.17) is 26.8 Å². The van der Waals surface area contributed by atoms with E-state index in [9.17, 15) is 14.0 Å². The third kappa shape index (κ3) is 5.47. The summed E-state index contributed by atoms with van der Waals surface area (Å²) in [4.78, 5) is 32.5. The van der Waals surface area contributed by atoms with Gasteiger partial charge >= 0.3 is 0 Å². The van der Waals surface area contributed by atoms with Crippen LogP contribution < -0.4 is 16.0 Å². The number of carbonyl (C=O) groups is 2. The number of hydrogen-bond donors (Lipinski definition) is 2. The Morgan fingerprint density at radius 2 is 2.06 bits per heavy atom. The Bertz CT molecular complexity index is 1150. The van der Waals surface area contributed by atoms with Crippen LogP contribution >= 0.6 is 11.6 Å². The second kappa shape index (κ2) is 10.5. The van der Waals surface area contributed by atoms with Gasteiger partial charge in [0.05, 0.1) is 16.1 Å². The van der Waals surface area contributed by atoms with E-state index in [0.717, 1.165) is 17.7 Å². The van der Waals surface area contributed by atoms with Crippen LogP contribution in [0.1, 0.15) is 30.0 Å². The molecule has 2 amide bonds. The predicted octanol–water partition coefficient (Wildman–Crippen LogP) is 4.22. The van der Waals surface area contributed by atoms with Crippen LogP contribution in [0.15, 0.2) is 30.5 Å². The molecule has 1 aromatic heterocycles. The second-order valence-corrected chi connectivity index (χ2v) is 16.5. The highest BCUT2D eigenvalue weighted by Gasteiger charge is 2.52. The van der Waals surface area contributed by atoms with Gasteiger partial charge in [0, 0.05) is 45.7 Å². The fraction of sp³-hybridized carbons (Fsp3) is 0.480. The number of nitrogens with zero attached hydrogens (tertiary/aromatic N) is 2. The number of pyridine rings is 1. The van der Waals surface area contributed by atoms with Gasteiger partial charge in [-0.05, 0) is 36.6 Å². The standard InChI is InChI=1S/C25H32ClFN4O4Si/c1-36(2,3)11-10-35-15-31-20-13-21(29-14-17(20)25(24(31)33)6-8-34-9-7-25)30-23(32)22(28)16-4-5-18(26)19(27)12-16/h4-5,12-14,22H,6-11,15,28H2,1-3H3,(H,29,30,32). The Balaban J connectivity index is 1.56. The fourth-order valence-electron chi connectivity index (χ4n) is 4.51. The molecule has 36 heavy (non-hydrogen) atoms. The number of ether oxygens (including phenoxy) is 2. The average molecular weight is 535 g/mol. The number of nitrogens with one attached hydrogen (secondary N) is 1. The minimum atomic E-state index is -1.28. The van der Waals surface area contributed by atoms with E-state index in [2.05, 4.69) is 29.9 Å². The molecule has 4 rings (SSSR count). The van der Waals surface area contributed by atoms with Crippen molar-refractivity contribution in [3.8, 4) is 0 Å². The number of nitrogens with two attached hydrogens (primary N) is 1. The molecule has 8 nitrogen and oxygen atoms in total. The number of benzene rings is 1. The average Bonchev–Trinajstić information content (AvgIpc) is 3.04. The normalized spacial score (nSPS) is 17.8. The Labute approximate surface area is 216 Å². The molecular weight excluding hydrogens is 503 g/mol. The lowest BCUT2D eigenvalue weighted by atomic mass is 9.76. The van der Waals surface area contributed by atoms with Gasteiger partial charge in [-0.1, -0.05) is 37.3 Å². The second-order valence-electron chi connectivity index (χ2n) is 10.5. The summed E-state index contributed by atoms with van der Waals surface area (Å²) in [6.45, 7) is 8.49. The number of rotatable bonds is 8. The van der Waals surface area contributed by atoms with Gasteiger partial charge in [0.2, 0.25) is 11.8 Å². The molecule has 1 spiro atoms. The van der Waals surface area contributed by atoms with E-state index >= 15 is 0 Å². The molecule has 0 saturated carbocycles. The molecule has 0 radical (unpaired) electrons. The van der Waals surface area contributed by atoms with Crippen molar-refractivity contribution in [2.75, 3.05) is 36.8 Å². The summed E-state index contributed by atoms with van der Waals surface area (Å²) in [7, 11) is -1.28. The topological polar surface area (TPSA) is 107 Å². The van der Waals surface area contributed by atoms with E-state index in [1.54, 1.807) is 17.2 Å². The largest absolute Gasteiger partial charge is 0.381 e. The molecule has 1 saturated heterocycles. The molecule has 1 unspecified atom stereocenters. The van der Waals surface area contributed by atoms with Crippen LogP contribution in [0.5, 0.6) is 0 Å². The Hall–Kier alpha value is -2.37. The van der Waals surface area contributed by atoms with Crippen LogP contribution in [-0.4, -0.2) is 51.4 Å². The maximum Gasteiger partial charge on any atom is 0.247 e. The quantitative estimate of drug-likeness (QED) is 0.388. The number of anilines is 2. The summed E-state index contributed by atoms with van der Waals surface area (Å²) >= 11 is 5.73. The van der Waals surface area contributed by atoms with Crippen molar-refractivity contribution in [1.82, 2.24) is 4.98 Å². The molecule has 2 aromatic rings. The monoisotopic (exact) mass is 534 g/mol. The lowest BCUT2D eigenvalue weighted by Gasteiger charge is -2.32. The lowest BCUT2D eigenvalue weighted by molar-refractivity contribution is -0.127. The molecule has 2 aliphatic rings. The van der Waals surface area contributed by atoms with Crippen molar-refractivity contribution < 1.29 is 23.5 Å². The van der Waals surface area contributed by atoms with E-state index < -0.39 is 31.3 Å². The molecule has 0 bridgehead atoms. The van der Waals surface area contributed by atoms with Gasteiger partial charge in [-0.2, -0.15) is 0 Å². The van der Waals surface area contributed by atoms with Crippen molar-refractivity contribution in [3.63, 3.8) is 0 Å². The van der Waals surface area contributed by atoms with Gasteiger partial charge in [0.25, 0.3) is 0 Å². The maximum absolute atomic E-state index is 13.8. The van der Waals surface area contributed by atoms with E-state index in [1.807, 2.05) is 0 Å². The smallest absolute Gasteiger partial charge is 0.247 e. The highest BCUT2D eigenvalue weighted by atomic mass is 35.5. The predicted molar refractivity (Wildman–Crippen MR) is 139 cm³/mol. The summed E-state index contributed by atoms with van der Waals surface area (Å²) in [6, 6.07) is 5.52. The maximum atomic E-state index is 13.8. The van der Waals surface area contributed by atoms with Gasteiger partial charge in [-0.15, -0.1) is 0 Å². The van der Waals surface area contributed by atoms with Gasteiger partial charge in [0.1, 0.15) is 24.4 Å². The first-order chi connectivity index (χ1) is 17.0. The Morgan fingerprint density at radius 3 is 2.72 bits per heavy atom. The van der Waals surface area contributed by atoms with E-state index in [-0.39, 0.29) is 29.0 Å². The molecule has 1 fully saturated rings. The number of amides is 2. The molecule has 3 heterocycles. The summed E-state index contributed by atoms with van der Waals surface area (Å²) in [6.07, 6.45) is 2.76. The number of halogens is 2. The van der Waals surface area contributed by atoms with Crippen molar-refractivity contribution >= 4 is 43.0 Å². The van der Waals surface area contributed by atoms with Crippen LogP contribution in [0.25, 0.3) is 0 Å².